The Balaban J connectivity index is 2.73. The quantitative estimate of drug-likeness (QED) is 0.762. The zero-order valence-electron chi connectivity index (χ0n) is 12.4. The highest BCUT2D eigenvalue weighted by Crippen LogP contribution is 2.17. The van der Waals surface area contributed by atoms with Gasteiger partial charge in [0.25, 0.3) is 5.91 Å². The normalized spacial score (nSPS) is 12.5. The van der Waals surface area contributed by atoms with Crippen LogP contribution in [0.15, 0.2) is 18.2 Å². The van der Waals surface area contributed by atoms with Gasteiger partial charge in [-0.3, -0.25) is 4.79 Å². The number of rotatable bonds is 8. The molecule has 0 saturated carbocycles. The number of amides is 1. The summed E-state index contributed by atoms with van der Waals surface area (Å²) in [5, 5.41) is 11.3. The molecule has 0 unspecified atom stereocenters. The van der Waals surface area contributed by atoms with Crippen LogP contribution in [0.25, 0.3) is 0 Å². The monoisotopic (exact) mass is 334 g/mol. The molecule has 0 aliphatic rings. The fraction of sp³-hybridized carbons (Fsp3) is 0.500. The van der Waals surface area contributed by atoms with E-state index < -0.39 is 30.7 Å². The maximum absolute atomic E-state index is 12.1. The van der Waals surface area contributed by atoms with Crippen molar-refractivity contribution in [3.8, 4) is 5.88 Å². The van der Waals surface area contributed by atoms with Gasteiger partial charge in [-0.15, -0.1) is 0 Å². The number of halogens is 3. The predicted molar refractivity (Wildman–Crippen MR) is 74.2 cm³/mol. The highest BCUT2D eigenvalue weighted by Gasteiger charge is 2.29. The molecule has 0 aliphatic heterocycles. The Kier molecular flexibility index (Phi) is 6.80. The van der Waals surface area contributed by atoms with Crippen LogP contribution in [-0.2, 0) is 4.79 Å². The van der Waals surface area contributed by atoms with E-state index in [1.807, 2.05) is 6.92 Å². The lowest BCUT2D eigenvalue weighted by Gasteiger charge is -2.14. The lowest BCUT2D eigenvalue weighted by Crippen LogP contribution is -2.41. The van der Waals surface area contributed by atoms with Crippen LogP contribution in [0.4, 0.5) is 13.2 Å². The second-order valence-electron chi connectivity index (χ2n) is 4.77. The molecule has 0 fully saturated rings. The summed E-state index contributed by atoms with van der Waals surface area (Å²) in [6.07, 6.45) is -2.89. The van der Waals surface area contributed by atoms with Crippen LogP contribution in [-0.4, -0.2) is 40.8 Å². The molecule has 0 radical (unpaired) electrons. The number of hydrogen-bond acceptors (Lipinski definition) is 4. The Morgan fingerprint density at radius 2 is 2.09 bits per heavy atom. The summed E-state index contributed by atoms with van der Waals surface area (Å²) in [5.41, 5.74) is -0.215. The molecule has 2 N–H and O–H groups in total. The van der Waals surface area contributed by atoms with Gasteiger partial charge in [-0.25, -0.2) is 9.78 Å². The third kappa shape index (κ3) is 6.98. The highest BCUT2D eigenvalue weighted by molar-refractivity contribution is 5.95. The molecule has 0 bridgehead atoms. The maximum atomic E-state index is 12.1. The Hall–Kier alpha value is -2.32. The number of aliphatic carboxylic acids is 1. The smallest absolute Gasteiger partial charge is 0.422 e. The van der Waals surface area contributed by atoms with E-state index in [2.05, 4.69) is 15.0 Å². The van der Waals surface area contributed by atoms with E-state index in [0.717, 1.165) is 6.42 Å². The third-order valence-electron chi connectivity index (χ3n) is 2.79. The lowest BCUT2D eigenvalue weighted by atomic mass is 10.1. The Labute approximate surface area is 130 Å². The fourth-order valence-electron chi connectivity index (χ4n) is 1.68. The molecular weight excluding hydrogens is 317 g/mol. The summed E-state index contributed by atoms with van der Waals surface area (Å²) >= 11 is 0. The average Bonchev–Trinajstić information content (AvgIpc) is 2.48. The van der Waals surface area contributed by atoms with Crippen molar-refractivity contribution in [3.05, 3.63) is 23.9 Å². The summed E-state index contributed by atoms with van der Waals surface area (Å²) in [7, 11) is 0. The van der Waals surface area contributed by atoms with E-state index >= 15 is 0 Å². The highest BCUT2D eigenvalue weighted by atomic mass is 19.4. The van der Waals surface area contributed by atoms with Crippen molar-refractivity contribution in [2.75, 3.05) is 6.61 Å². The SMILES string of the molecule is CCCC[C@H](NC(=O)c1cccc(OCC(F)(F)F)n1)C(=O)O. The van der Waals surface area contributed by atoms with E-state index in [0.29, 0.717) is 6.42 Å². The van der Waals surface area contributed by atoms with Crippen molar-refractivity contribution in [2.24, 2.45) is 0 Å². The van der Waals surface area contributed by atoms with Crippen LogP contribution in [0.3, 0.4) is 0 Å². The van der Waals surface area contributed by atoms with Gasteiger partial charge in [-0.05, 0) is 12.5 Å². The number of aromatic nitrogens is 1. The van der Waals surface area contributed by atoms with Crippen LogP contribution in [0.2, 0.25) is 0 Å². The number of ether oxygens (including phenoxy) is 1. The summed E-state index contributed by atoms with van der Waals surface area (Å²) in [5.74, 6) is -2.34. The van der Waals surface area contributed by atoms with Gasteiger partial charge >= 0.3 is 12.1 Å². The van der Waals surface area contributed by atoms with Gasteiger partial charge in [-0.2, -0.15) is 13.2 Å². The Bertz CT molecular complexity index is 549. The predicted octanol–water partition coefficient (Wildman–Crippen LogP) is 2.40. The van der Waals surface area contributed by atoms with E-state index in [1.54, 1.807) is 0 Å². The number of nitrogens with one attached hydrogen (secondary N) is 1. The number of carboxylic acids is 1. The minimum atomic E-state index is -4.52. The van der Waals surface area contributed by atoms with E-state index in [9.17, 15) is 22.8 Å². The molecule has 6 nitrogen and oxygen atoms in total. The molecule has 0 aromatic carbocycles. The minimum Gasteiger partial charge on any atom is -0.480 e. The second kappa shape index (κ2) is 8.35. The minimum absolute atomic E-state index is 0.215. The van der Waals surface area contributed by atoms with Gasteiger partial charge in [-0.1, -0.05) is 25.8 Å². The topological polar surface area (TPSA) is 88.5 Å². The number of carbonyl (C=O) groups is 2. The van der Waals surface area contributed by atoms with E-state index in [1.165, 1.54) is 18.2 Å². The van der Waals surface area contributed by atoms with E-state index in [-0.39, 0.29) is 18.0 Å². The molecule has 1 amide bonds. The largest absolute Gasteiger partial charge is 0.480 e. The molecule has 0 aliphatic carbocycles. The van der Waals surface area contributed by atoms with Crippen molar-refractivity contribution >= 4 is 11.9 Å². The number of carbonyl (C=O) groups excluding carboxylic acids is 1. The molecule has 23 heavy (non-hydrogen) atoms. The van der Waals surface area contributed by atoms with Crippen LogP contribution in [0.5, 0.6) is 5.88 Å². The molecule has 9 heteroatoms. The molecule has 0 saturated heterocycles. The standard InChI is InChI=1S/C14H17F3N2O4/c1-2-3-5-10(13(21)22)19-12(20)9-6-4-7-11(18-9)23-8-14(15,16)17/h4,6-7,10H,2-3,5,8H2,1H3,(H,19,20)(H,21,22)/t10-/m0/s1. The van der Waals surface area contributed by atoms with Gasteiger partial charge in [0.15, 0.2) is 6.61 Å². The summed E-state index contributed by atoms with van der Waals surface area (Å²) < 4.78 is 40.7. The first kappa shape index (κ1) is 18.7. The van der Waals surface area contributed by atoms with Crippen molar-refractivity contribution in [2.45, 2.75) is 38.4 Å². The first-order chi connectivity index (χ1) is 10.7. The zero-order chi connectivity index (χ0) is 17.5. The van der Waals surface area contributed by atoms with Gasteiger partial charge in [0.2, 0.25) is 5.88 Å². The lowest BCUT2D eigenvalue weighted by molar-refractivity contribution is -0.154. The zero-order valence-corrected chi connectivity index (χ0v) is 12.4. The molecule has 1 rings (SSSR count). The Morgan fingerprint density at radius 3 is 2.65 bits per heavy atom. The van der Waals surface area contributed by atoms with Crippen LogP contribution < -0.4 is 10.1 Å². The second-order valence-corrected chi connectivity index (χ2v) is 4.77. The fourth-order valence-corrected chi connectivity index (χ4v) is 1.68. The van der Waals surface area contributed by atoms with Gasteiger partial charge < -0.3 is 15.2 Å². The number of pyridine rings is 1. The van der Waals surface area contributed by atoms with E-state index in [4.69, 9.17) is 5.11 Å². The van der Waals surface area contributed by atoms with Crippen LogP contribution in [0, 0.1) is 0 Å². The number of nitrogens with zero attached hydrogens (tertiary/aromatic N) is 1. The molecule has 1 heterocycles. The third-order valence-corrected chi connectivity index (χ3v) is 2.79. The van der Waals surface area contributed by atoms with Gasteiger partial charge in [0.1, 0.15) is 11.7 Å². The van der Waals surface area contributed by atoms with Crippen molar-refractivity contribution in [3.63, 3.8) is 0 Å². The summed E-state index contributed by atoms with van der Waals surface area (Å²) in [6, 6.07) is 2.65. The average molecular weight is 334 g/mol. The van der Waals surface area contributed by atoms with Crippen LogP contribution in [0.1, 0.15) is 36.7 Å². The maximum Gasteiger partial charge on any atom is 0.422 e. The Morgan fingerprint density at radius 1 is 1.39 bits per heavy atom. The molecule has 128 valence electrons. The summed E-state index contributed by atoms with van der Waals surface area (Å²) in [6.45, 7) is 0.350. The first-order valence-corrected chi connectivity index (χ1v) is 6.93. The summed E-state index contributed by atoms with van der Waals surface area (Å²) in [4.78, 5) is 26.7. The van der Waals surface area contributed by atoms with Crippen molar-refractivity contribution in [1.29, 1.82) is 0 Å². The number of unbranched alkanes of at least 4 members (excludes halogenated alkanes) is 1. The number of hydrogen-bond donors (Lipinski definition) is 2. The number of alkyl halides is 3. The van der Waals surface area contributed by atoms with Crippen molar-refractivity contribution < 1.29 is 32.6 Å². The molecular formula is C14H17F3N2O4. The molecule has 1 aromatic rings. The molecule has 1 aromatic heterocycles. The molecule has 0 spiro atoms. The van der Waals surface area contributed by atoms with Crippen LogP contribution >= 0.6 is 0 Å². The van der Waals surface area contributed by atoms with Gasteiger partial charge in [0, 0.05) is 6.07 Å². The number of carboxylic acid groups (broad SMARTS) is 1. The molecule has 1 atom stereocenters. The van der Waals surface area contributed by atoms with Crippen molar-refractivity contribution in [1.82, 2.24) is 10.3 Å². The first-order valence-electron chi connectivity index (χ1n) is 6.93. The van der Waals surface area contributed by atoms with Gasteiger partial charge in [0.05, 0.1) is 0 Å².